The number of likely N-dealkylation sites (tertiary alicyclic amines) is 1. The number of carbonyl (C=O) groups excluding carboxylic acids is 1. The number of aromatic hydroxyl groups is 1. The molecule has 2 saturated heterocycles. The Morgan fingerprint density at radius 1 is 1.05 bits per heavy atom. The van der Waals surface area contributed by atoms with Crippen LogP contribution in [0.25, 0.3) is 32.9 Å². The molecule has 1 N–H and O–H groups in total. The Kier molecular flexibility index (Phi) is 8.23. The van der Waals surface area contributed by atoms with Gasteiger partial charge in [0.05, 0.1) is 23.2 Å². The number of nitrogens with zero attached hydrogens (tertiary/aromatic N) is 6. The van der Waals surface area contributed by atoms with Crippen molar-refractivity contribution in [2.24, 2.45) is 0 Å². The van der Waals surface area contributed by atoms with Gasteiger partial charge in [-0.15, -0.1) is 0 Å². The number of fused-ring (bicyclic) bond motifs is 2. The SMILES string of the molecule is CCCCOC(=O)N1CCN(c2nc(OC[C@@H]3CCCN3C)nc3cc(-c4cc(O)cc5ccccc45)ncc23)CC1. The highest BCUT2D eigenvalue weighted by atomic mass is 16.6. The first kappa shape index (κ1) is 28.0. The van der Waals surface area contributed by atoms with E-state index in [1.165, 1.54) is 0 Å². The van der Waals surface area contributed by atoms with Crippen molar-refractivity contribution < 1.29 is 19.4 Å². The van der Waals surface area contributed by atoms with Crippen molar-refractivity contribution in [1.29, 1.82) is 0 Å². The van der Waals surface area contributed by atoms with E-state index >= 15 is 0 Å². The summed E-state index contributed by atoms with van der Waals surface area (Å²) in [5, 5.41) is 13.2. The molecule has 0 unspecified atom stereocenters. The third-order valence-corrected chi connectivity index (χ3v) is 8.30. The van der Waals surface area contributed by atoms with Gasteiger partial charge in [-0.2, -0.15) is 9.97 Å². The van der Waals surface area contributed by atoms with E-state index in [-0.39, 0.29) is 11.8 Å². The second kappa shape index (κ2) is 12.4. The van der Waals surface area contributed by atoms with Gasteiger partial charge in [-0.05, 0) is 61.8 Å². The number of benzene rings is 2. The number of likely N-dealkylation sites (N-methyl/N-ethyl adjacent to an activating group) is 1. The topological polar surface area (TPSA) is 104 Å². The molecule has 0 spiro atoms. The number of amides is 1. The third-order valence-electron chi connectivity index (χ3n) is 8.30. The largest absolute Gasteiger partial charge is 0.508 e. The molecular weight excluding hydrogens is 532 g/mol. The van der Waals surface area contributed by atoms with Gasteiger partial charge in [0.25, 0.3) is 0 Å². The van der Waals surface area contributed by atoms with E-state index in [0.717, 1.165) is 59.8 Å². The van der Waals surface area contributed by atoms with Crippen LogP contribution in [0.4, 0.5) is 10.6 Å². The minimum atomic E-state index is -0.259. The summed E-state index contributed by atoms with van der Waals surface area (Å²) in [6.45, 7) is 6.42. The number of anilines is 1. The maximum Gasteiger partial charge on any atom is 0.409 e. The number of rotatable bonds is 8. The van der Waals surface area contributed by atoms with Gasteiger partial charge in [0.2, 0.25) is 0 Å². The molecule has 2 aliphatic heterocycles. The van der Waals surface area contributed by atoms with Gasteiger partial charge < -0.3 is 29.3 Å². The highest BCUT2D eigenvalue weighted by molar-refractivity contribution is 5.99. The summed E-state index contributed by atoms with van der Waals surface area (Å²) in [5.41, 5.74) is 2.26. The number of ether oxygens (including phenoxy) is 2. The predicted octanol–water partition coefficient (Wildman–Crippen LogP) is 5.08. The minimum Gasteiger partial charge on any atom is -0.508 e. The Morgan fingerprint density at radius 2 is 1.88 bits per heavy atom. The van der Waals surface area contributed by atoms with E-state index in [9.17, 15) is 9.90 Å². The summed E-state index contributed by atoms with van der Waals surface area (Å²) in [4.78, 5) is 33.3. The Hall–Kier alpha value is -4.18. The van der Waals surface area contributed by atoms with E-state index in [1.54, 1.807) is 23.2 Å². The lowest BCUT2D eigenvalue weighted by Crippen LogP contribution is -2.49. The molecule has 2 fully saturated rings. The summed E-state index contributed by atoms with van der Waals surface area (Å²) in [5.74, 6) is 0.929. The smallest absolute Gasteiger partial charge is 0.409 e. The number of unbranched alkanes of at least 4 members (excludes halogenated alkanes) is 1. The van der Waals surface area contributed by atoms with Gasteiger partial charge in [0.15, 0.2) is 0 Å². The maximum absolute atomic E-state index is 12.5. The molecule has 10 heteroatoms. The van der Waals surface area contributed by atoms with Gasteiger partial charge >= 0.3 is 12.1 Å². The van der Waals surface area contributed by atoms with Crippen molar-refractivity contribution in [2.45, 2.75) is 38.6 Å². The van der Waals surface area contributed by atoms with E-state index in [1.807, 2.05) is 30.3 Å². The van der Waals surface area contributed by atoms with Gasteiger partial charge in [-0.1, -0.05) is 37.6 Å². The summed E-state index contributed by atoms with van der Waals surface area (Å²) in [6.07, 6.45) is 5.65. The van der Waals surface area contributed by atoms with Crippen molar-refractivity contribution in [3.8, 4) is 23.0 Å². The number of phenols is 1. The maximum atomic E-state index is 12.5. The van der Waals surface area contributed by atoms with Gasteiger partial charge in [0, 0.05) is 44.0 Å². The zero-order valence-corrected chi connectivity index (χ0v) is 24.3. The van der Waals surface area contributed by atoms with Crippen molar-refractivity contribution in [2.75, 3.05) is 57.9 Å². The molecule has 0 bridgehead atoms. The van der Waals surface area contributed by atoms with Crippen LogP contribution in [0.15, 0.2) is 48.7 Å². The van der Waals surface area contributed by atoms with Crippen LogP contribution in [0.5, 0.6) is 11.8 Å². The number of carbonyl (C=O) groups is 1. The second-order valence-electron chi connectivity index (χ2n) is 11.2. The molecule has 4 heterocycles. The van der Waals surface area contributed by atoms with Crippen LogP contribution in [0.1, 0.15) is 32.6 Å². The first-order valence-corrected chi connectivity index (χ1v) is 14.9. The van der Waals surface area contributed by atoms with Crippen LogP contribution in [-0.2, 0) is 4.74 Å². The minimum absolute atomic E-state index is 0.185. The Balaban J connectivity index is 1.32. The average Bonchev–Trinajstić information content (AvgIpc) is 3.43. The summed E-state index contributed by atoms with van der Waals surface area (Å²) in [6, 6.07) is 14.0. The molecule has 2 aromatic carbocycles. The molecule has 2 aromatic heterocycles. The molecule has 0 aliphatic carbocycles. The van der Waals surface area contributed by atoms with E-state index in [2.05, 4.69) is 23.8 Å². The molecule has 0 radical (unpaired) electrons. The zero-order chi connectivity index (χ0) is 29.1. The van der Waals surface area contributed by atoms with Gasteiger partial charge in [-0.25, -0.2) is 4.79 Å². The fourth-order valence-electron chi connectivity index (χ4n) is 5.80. The lowest BCUT2D eigenvalue weighted by atomic mass is 10.0. The van der Waals surface area contributed by atoms with Crippen LogP contribution >= 0.6 is 0 Å². The number of hydrogen-bond acceptors (Lipinski definition) is 9. The van der Waals surface area contributed by atoms with Crippen LogP contribution in [-0.4, -0.2) is 95.0 Å². The van der Waals surface area contributed by atoms with Gasteiger partial charge in [0.1, 0.15) is 18.2 Å². The first-order chi connectivity index (χ1) is 20.5. The number of aromatic nitrogens is 3. The normalized spacial score (nSPS) is 17.7. The molecule has 1 amide bonds. The summed E-state index contributed by atoms with van der Waals surface area (Å²) in [7, 11) is 2.12. The van der Waals surface area contributed by atoms with Crippen LogP contribution in [0, 0.1) is 0 Å². The molecule has 0 saturated carbocycles. The molecule has 220 valence electrons. The number of pyridine rings is 1. The standard InChI is InChI=1S/C32H38N6O4/c1-3-4-16-41-32(40)38-14-12-37(13-15-38)30-27-20-33-28(26-18-24(39)17-22-8-5-6-10-25(22)26)19-29(27)34-31(35-30)42-21-23-9-7-11-36(23)2/h5-6,8,10,17-20,23,39H,3-4,7,9,11-16,21H2,1-2H3/t23-/m0/s1. The van der Waals surface area contributed by atoms with Crippen molar-refractivity contribution in [3.63, 3.8) is 0 Å². The summed E-state index contributed by atoms with van der Waals surface area (Å²) < 4.78 is 11.6. The number of piperazine rings is 1. The second-order valence-corrected chi connectivity index (χ2v) is 11.2. The molecular formula is C32H38N6O4. The lowest BCUT2D eigenvalue weighted by Gasteiger charge is -2.35. The first-order valence-electron chi connectivity index (χ1n) is 14.9. The van der Waals surface area contributed by atoms with E-state index in [4.69, 9.17) is 24.4 Å². The molecule has 42 heavy (non-hydrogen) atoms. The molecule has 2 aliphatic rings. The Morgan fingerprint density at radius 3 is 2.67 bits per heavy atom. The quantitative estimate of drug-likeness (QED) is 0.290. The fourth-order valence-corrected chi connectivity index (χ4v) is 5.80. The highest BCUT2D eigenvalue weighted by Crippen LogP contribution is 2.34. The highest BCUT2D eigenvalue weighted by Gasteiger charge is 2.26. The third kappa shape index (κ3) is 5.90. The number of hydrogen-bond donors (Lipinski definition) is 1. The predicted molar refractivity (Wildman–Crippen MR) is 163 cm³/mol. The molecule has 6 rings (SSSR count). The molecule has 1 atom stereocenters. The van der Waals surface area contributed by atoms with Crippen LogP contribution < -0.4 is 9.64 Å². The zero-order valence-electron chi connectivity index (χ0n) is 24.3. The average molecular weight is 571 g/mol. The van der Waals surface area contributed by atoms with Crippen molar-refractivity contribution >= 4 is 33.6 Å². The van der Waals surface area contributed by atoms with Crippen molar-refractivity contribution in [3.05, 3.63) is 48.7 Å². The van der Waals surface area contributed by atoms with Crippen molar-refractivity contribution in [1.82, 2.24) is 24.8 Å². The molecule has 10 nitrogen and oxygen atoms in total. The monoisotopic (exact) mass is 570 g/mol. The Labute approximate surface area is 245 Å². The van der Waals surface area contributed by atoms with E-state index < -0.39 is 0 Å². The molecule has 4 aromatic rings. The Bertz CT molecular complexity index is 1570. The summed E-state index contributed by atoms with van der Waals surface area (Å²) >= 11 is 0. The van der Waals surface area contributed by atoms with Crippen LogP contribution in [0.2, 0.25) is 0 Å². The fraction of sp³-hybridized carbons (Fsp3) is 0.438. The van der Waals surface area contributed by atoms with E-state index in [0.29, 0.717) is 62.7 Å². The van der Waals surface area contributed by atoms with Gasteiger partial charge in [-0.3, -0.25) is 4.98 Å². The lowest BCUT2D eigenvalue weighted by molar-refractivity contribution is 0.0989. The number of phenolic OH excluding ortho intramolecular Hbond substituents is 1. The van der Waals surface area contributed by atoms with Crippen LogP contribution in [0.3, 0.4) is 0 Å².